The van der Waals surface area contributed by atoms with Gasteiger partial charge in [-0.25, -0.2) is 9.78 Å². The molecule has 4 rings (SSSR count). The maximum absolute atomic E-state index is 13.7. The minimum Gasteiger partial charge on any atom is -0.487 e. The SMILES string of the molecule is C[C@@H]1CN([C@@H](C)CO)C(=O)c2cc(NS(=O)(=O)c3cn(C)cn3)ccc2O[C@H]1CN(C)C(=O)NC1CCCCC1. The first-order valence-electron chi connectivity index (χ1n) is 13.7. The van der Waals surface area contributed by atoms with Crippen LogP contribution in [0.2, 0.25) is 0 Å². The van der Waals surface area contributed by atoms with Crippen molar-refractivity contribution in [2.24, 2.45) is 13.0 Å². The van der Waals surface area contributed by atoms with Crippen molar-refractivity contribution < 1.29 is 27.9 Å². The molecule has 12 nitrogen and oxygen atoms in total. The van der Waals surface area contributed by atoms with Gasteiger partial charge in [0.05, 0.1) is 31.1 Å². The van der Waals surface area contributed by atoms with Gasteiger partial charge in [0.15, 0.2) is 5.03 Å². The van der Waals surface area contributed by atoms with Crippen molar-refractivity contribution >= 4 is 27.6 Å². The van der Waals surface area contributed by atoms with E-state index in [1.54, 1.807) is 36.9 Å². The van der Waals surface area contributed by atoms with Crippen LogP contribution in [-0.4, -0.2) is 89.7 Å². The molecule has 1 fully saturated rings. The van der Waals surface area contributed by atoms with Crippen molar-refractivity contribution in [2.75, 3.05) is 31.5 Å². The second-order valence-electron chi connectivity index (χ2n) is 11.0. The molecule has 2 aliphatic rings. The third-order valence-corrected chi connectivity index (χ3v) is 8.87. The number of likely N-dealkylation sites (N-methyl/N-ethyl adjacent to an activating group) is 1. The van der Waals surface area contributed by atoms with Gasteiger partial charge in [-0.3, -0.25) is 9.52 Å². The van der Waals surface area contributed by atoms with E-state index >= 15 is 0 Å². The second-order valence-corrected chi connectivity index (χ2v) is 12.6. The number of anilines is 1. The number of aromatic nitrogens is 2. The number of nitrogens with zero attached hydrogens (tertiary/aromatic N) is 4. The van der Waals surface area contributed by atoms with E-state index in [0.717, 1.165) is 25.7 Å². The molecule has 3 atom stereocenters. The maximum Gasteiger partial charge on any atom is 0.317 e. The van der Waals surface area contributed by atoms with E-state index in [4.69, 9.17) is 4.74 Å². The summed E-state index contributed by atoms with van der Waals surface area (Å²) in [6.07, 6.45) is 7.68. The summed E-state index contributed by atoms with van der Waals surface area (Å²) in [5.74, 6) is -0.277. The van der Waals surface area contributed by atoms with Crippen molar-refractivity contribution in [3.8, 4) is 5.75 Å². The third-order valence-electron chi connectivity index (χ3n) is 7.61. The van der Waals surface area contributed by atoms with Gasteiger partial charge in [-0.2, -0.15) is 8.42 Å². The highest BCUT2D eigenvalue weighted by Crippen LogP contribution is 2.31. The molecule has 3 N–H and O–H groups in total. The van der Waals surface area contributed by atoms with Gasteiger partial charge in [-0.1, -0.05) is 26.2 Å². The summed E-state index contributed by atoms with van der Waals surface area (Å²) >= 11 is 0. The third kappa shape index (κ3) is 6.87. The lowest BCUT2D eigenvalue weighted by molar-refractivity contribution is 0.0366. The highest BCUT2D eigenvalue weighted by molar-refractivity contribution is 7.92. The number of ether oxygens (including phenoxy) is 1. The summed E-state index contributed by atoms with van der Waals surface area (Å²) < 4.78 is 36.0. The van der Waals surface area contributed by atoms with E-state index < -0.39 is 22.2 Å². The monoisotopic (exact) mass is 576 g/mol. The molecule has 0 bridgehead atoms. The first-order chi connectivity index (χ1) is 19.0. The van der Waals surface area contributed by atoms with Crippen LogP contribution in [0.15, 0.2) is 35.7 Å². The fraction of sp³-hybridized carbons (Fsp3) is 0.593. The Morgan fingerprint density at radius 3 is 2.65 bits per heavy atom. The number of aryl methyl sites for hydroxylation is 1. The number of aliphatic hydroxyl groups excluding tert-OH is 1. The van der Waals surface area contributed by atoms with Gasteiger partial charge in [0.25, 0.3) is 15.9 Å². The predicted molar refractivity (Wildman–Crippen MR) is 150 cm³/mol. The molecule has 1 saturated carbocycles. The standard InChI is InChI=1S/C27H40N6O6S/c1-18-13-33(19(2)16-34)26(35)22-12-21(30-40(37,38)25-15-31(3)17-28-25)10-11-23(22)39-24(18)14-32(4)27(36)29-20-8-6-5-7-9-20/h10-12,15,17-20,24,30,34H,5-9,13-14,16H2,1-4H3,(H,29,36)/t18-,19+,24+/m1/s1. The van der Waals surface area contributed by atoms with Gasteiger partial charge in [0.2, 0.25) is 0 Å². The summed E-state index contributed by atoms with van der Waals surface area (Å²) in [5, 5.41) is 12.9. The fourth-order valence-corrected chi connectivity index (χ4v) is 6.16. The zero-order chi connectivity index (χ0) is 29.0. The molecule has 0 unspecified atom stereocenters. The molecule has 1 aromatic heterocycles. The van der Waals surface area contributed by atoms with Crippen LogP contribution in [0.5, 0.6) is 5.75 Å². The van der Waals surface area contributed by atoms with Crippen LogP contribution in [0.3, 0.4) is 0 Å². The Labute approximate surface area is 235 Å². The van der Waals surface area contributed by atoms with E-state index in [9.17, 15) is 23.1 Å². The average molecular weight is 577 g/mol. The molecule has 3 amide bonds. The number of nitrogens with one attached hydrogen (secondary N) is 2. The number of hydrogen-bond acceptors (Lipinski definition) is 7. The van der Waals surface area contributed by atoms with E-state index in [-0.39, 0.29) is 65.6 Å². The lowest BCUT2D eigenvalue weighted by Crippen LogP contribution is -2.52. The molecule has 2 heterocycles. The van der Waals surface area contributed by atoms with E-state index in [1.165, 1.54) is 35.6 Å². The molecule has 0 radical (unpaired) electrons. The number of rotatable bonds is 8. The molecule has 0 spiro atoms. The fourth-order valence-electron chi connectivity index (χ4n) is 5.12. The molecule has 2 aromatic rings. The topological polar surface area (TPSA) is 146 Å². The minimum atomic E-state index is -3.98. The zero-order valence-electron chi connectivity index (χ0n) is 23.5. The van der Waals surface area contributed by atoms with Crippen molar-refractivity contribution in [3.05, 3.63) is 36.3 Å². The van der Waals surface area contributed by atoms with Crippen molar-refractivity contribution in [2.45, 2.75) is 69.2 Å². The molecule has 0 saturated heterocycles. The summed E-state index contributed by atoms with van der Waals surface area (Å²) in [6.45, 7) is 4.02. The molecule has 1 aliphatic carbocycles. The molecule has 220 valence electrons. The second kappa shape index (κ2) is 12.5. The number of aliphatic hydroxyl groups is 1. The minimum absolute atomic E-state index is 0.150. The summed E-state index contributed by atoms with van der Waals surface area (Å²) in [7, 11) is -0.593. The van der Waals surface area contributed by atoms with Crippen LogP contribution >= 0.6 is 0 Å². The molecular formula is C27H40N6O6S. The van der Waals surface area contributed by atoms with Gasteiger partial charge >= 0.3 is 6.03 Å². The molecule has 40 heavy (non-hydrogen) atoms. The number of imidazole rings is 1. The quantitative estimate of drug-likeness (QED) is 0.437. The van der Waals surface area contributed by atoms with Crippen LogP contribution in [0.4, 0.5) is 10.5 Å². The Bertz CT molecular complexity index is 1310. The van der Waals surface area contributed by atoms with Crippen LogP contribution in [-0.2, 0) is 17.1 Å². The Morgan fingerprint density at radius 2 is 2.00 bits per heavy atom. The molecule has 13 heteroatoms. The smallest absolute Gasteiger partial charge is 0.317 e. The number of sulfonamides is 1. The Kier molecular flexibility index (Phi) is 9.24. The largest absolute Gasteiger partial charge is 0.487 e. The number of urea groups is 1. The van der Waals surface area contributed by atoms with Crippen LogP contribution in [0.25, 0.3) is 0 Å². The van der Waals surface area contributed by atoms with E-state index in [1.807, 2.05) is 6.92 Å². The van der Waals surface area contributed by atoms with Gasteiger partial charge in [-0.15, -0.1) is 0 Å². The van der Waals surface area contributed by atoms with Crippen molar-refractivity contribution in [1.82, 2.24) is 24.7 Å². The highest BCUT2D eigenvalue weighted by atomic mass is 32.2. The number of amides is 3. The van der Waals surface area contributed by atoms with Gasteiger partial charge in [0, 0.05) is 44.5 Å². The Hall–Kier alpha value is -3.32. The maximum atomic E-state index is 13.7. The van der Waals surface area contributed by atoms with Crippen molar-refractivity contribution in [3.63, 3.8) is 0 Å². The summed E-state index contributed by atoms with van der Waals surface area (Å²) in [5.41, 5.74) is 0.333. The van der Waals surface area contributed by atoms with E-state index in [0.29, 0.717) is 0 Å². The molecule has 1 aliphatic heterocycles. The van der Waals surface area contributed by atoms with Crippen LogP contribution < -0.4 is 14.8 Å². The number of carbonyl (C=O) groups excluding carboxylic acids is 2. The lowest BCUT2D eigenvalue weighted by Gasteiger charge is -2.38. The van der Waals surface area contributed by atoms with Gasteiger partial charge in [-0.05, 0) is 38.0 Å². The first kappa shape index (κ1) is 29.7. The average Bonchev–Trinajstić information content (AvgIpc) is 3.38. The van der Waals surface area contributed by atoms with Crippen LogP contribution in [0.1, 0.15) is 56.3 Å². The van der Waals surface area contributed by atoms with Gasteiger partial charge < -0.3 is 29.5 Å². The number of fused-ring (bicyclic) bond motifs is 1. The number of carbonyl (C=O) groups is 2. The van der Waals surface area contributed by atoms with Crippen LogP contribution in [0, 0.1) is 5.92 Å². The molecule has 1 aromatic carbocycles. The Morgan fingerprint density at radius 1 is 1.27 bits per heavy atom. The number of hydrogen-bond donors (Lipinski definition) is 3. The molecular weight excluding hydrogens is 536 g/mol. The van der Waals surface area contributed by atoms with Gasteiger partial charge in [0.1, 0.15) is 11.9 Å². The van der Waals surface area contributed by atoms with E-state index in [2.05, 4.69) is 15.0 Å². The summed E-state index contributed by atoms with van der Waals surface area (Å²) in [6, 6.07) is 4.03. The Balaban J connectivity index is 1.59. The zero-order valence-corrected chi connectivity index (χ0v) is 24.4. The lowest BCUT2D eigenvalue weighted by atomic mass is 9.96. The summed E-state index contributed by atoms with van der Waals surface area (Å²) in [4.78, 5) is 33.7. The number of benzene rings is 1. The predicted octanol–water partition coefficient (Wildman–Crippen LogP) is 2.42. The van der Waals surface area contributed by atoms with Crippen molar-refractivity contribution in [1.29, 1.82) is 0 Å². The normalized spacial score (nSPS) is 21.0. The first-order valence-corrected chi connectivity index (χ1v) is 15.2. The highest BCUT2D eigenvalue weighted by Gasteiger charge is 2.34.